The molecule has 132 valence electrons. The molecular formula is C16H29NO5Si. The van der Waals surface area contributed by atoms with E-state index in [0.717, 1.165) is 0 Å². The summed E-state index contributed by atoms with van der Waals surface area (Å²) in [5.41, 5.74) is -0.139. The number of carbonyl (C=O) groups is 3. The third kappa shape index (κ3) is 5.14. The Kier molecular flexibility index (Phi) is 6.53. The first-order valence-corrected chi connectivity index (χ1v) is 10.9. The molecule has 0 aliphatic carbocycles. The monoisotopic (exact) mass is 343 g/mol. The number of nitrogens with one attached hydrogen (secondary N) is 1. The first kappa shape index (κ1) is 19.8. The Morgan fingerprint density at radius 2 is 1.91 bits per heavy atom. The van der Waals surface area contributed by atoms with E-state index in [-0.39, 0.29) is 35.0 Å². The van der Waals surface area contributed by atoms with Gasteiger partial charge in [-0.3, -0.25) is 14.4 Å². The second-order valence-corrected chi connectivity index (χ2v) is 10.2. The second-order valence-electron chi connectivity index (χ2n) is 7.74. The van der Waals surface area contributed by atoms with Gasteiger partial charge in [0.15, 0.2) is 9.04 Å². The molecule has 1 rings (SSSR count). The zero-order chi connectivity index (χ0) is 17.9. The van der Waals surface area contributed by atoms with Crippen LogP contribution in [0.15, 0.2) is 0 Å². The van der Waals surface area contributed by atoms with E-state index in [9.17, 15) is 14.4 Å². The Bertz CT molecular complexity index is 472. The van der Waals surface area contributed by atoms with Crippen molar-refractivity contribution >= 4 is 26.7 Å². The second kappa shape index (κ2) is 7.57. The summed E-state index contributed by atoms with van der Waals surface area (Å²) in [6, 6.07) is -0.309. The molecule has 1 heterocycles. The molecule has 0 radical (unpaired) electrons. The quantitative estimate of drug-likeness (QED) is 0.395. The fourth-order valence-corrected chi connectivity index (χ4v) is 3.58. The van der Waals surface area contributed by atoms with E-state index in [1.807, 2.05) is 0 Å². The first-order valence-electron chi connectivity index (χ1n) is 8.11. The molecule has 0 saturated carbocycles. The van der Waals surface area contributed by atoms with Crippen molar-refractivity contribution in [3.05, 3.63) is 0 Å². The number of carboxylic acid groups (broad SMARTS) is 1. The van der Waals surface area contributed by atoms with E-state index < -0.39 is 27.3 Å². The molecule has 0 spiro atoms. The Labute approximate surface area is 139 Å². The van der Waals surface area contributed by atoms with Gasteiger partial charge in [0.2, 0.25) is 5.91 Å². The summed E-state index contributed by atoms with van der Waals surface area (Å²) in [6.07, 6.45) is -0.504. The minimum atomic E-state index is -1.21. The van der Waals surface area contributed by atoms with E-state index in [0.29, 0.717) is 6.61 Å². The normalized spacial score (nSPS) is 23.9. The van der Waals surface area contributed by atoms with Crippen molar-refractivity contribution in [2.75, 3.05) is 6.61 Å². The van der Waals surface area contributed by atoms with Gasteiger partial charge in [0.25, 0.3) is 0 Å². The van der Waals surface area contributed by atoms with Crippen LogP contribution in [0.4, 0.5) is 0 Å². The summed E-state index contributed by atoms with van der Waals surface area (Å²) in [6.45, 7) is 12.6. The third-order valence-corrected chi connectivity index (χ3v) is 5.38. The Morgan fingerprint density at radius 1 is 1.35 bits per heavy atom. The molecule has 0 aromatic heterocycles. The van der Waals surface area contributed by atoms with Crippen molar-refractivity contribution in [3.8, 4) is 0 Å². The number of β-lactam (4-membered cyclic amide) rings is 1. The molecule has 1 aliphatic rings. The third-order valence-electron chi connectivity index (χ3n) is 4.53. The fraction of sp³-hybridized carbons (Fsp3) is 0.812. The zero-order valence-corrected chi connectivity index (χ0v) is 16.0. The summed E-state index contributed by atoms with van der Waals surface area (Å²) < 4.78 is 5.87. The molecule has 1 fully saturated rings. The van der Waals surface area contributed by atoms with Gasteiger partial charge in [0, 0.05) is 12.5 Å². The van der Waals surface area contributed by atoms with E-state index in [4.69, 9.17) is 9.53 Å². The highest BCUT2D eigenvalue weighted by Gasteiger charge is 2.51. The van der Waals surface area contributed by atoms with Gasteiger partial charge in [-0.05, 0) is 24.4 Å². The predicted octanol–water partition coefficient (Wildman–Crippen LogP) is 1.44. The van der Waals surface area contributed by atoms with Crippen molar-refractivity contribution in [3.63, 3.8) is 0 Å². The number of amides is 1. The van der Waals surface area contributed by atoms with Crippen LogP contribution in [0.5, 0.6) is 0 Å². The first-order chi connectivity index (χ1) is 10.4. The number of hydrogen-bond donors (Lipinski definition) is 2. The molecule has 1 saturated heterocycles. The van der Waals surface area contributed by atoms with Crippen molar-refractivity contribution < 1.29 is 23.9 Å². The zero-order valence-electron chi connectivity index (χ0n) is 14.9. The van der Waals surface area contributed by atoms with Gasteiger partial charge < -0.3 is 14.8 Å². The lowest BCUT2D eigenvalue weighted by atomic mass is 9.64. The van der Waals surface area contributed by atoms with E-state index in [1.165, 1.54) is 0 Å². The van der Waals surface area contributed by atoms with Gasteiger partial charge in [0.05, 0.1) is 12.0 Å². The molecule has 6 nitrogen and oxygen atoms in total. The number of ketones is 1. The number of hydrogen-bond acceptors (Lipinski definition) is 4. The Morgan fingerprint density at radius 3 is 2.30 bits per heavy atom. The number of carbonyl (C=O) groups excluding carboxylic acids is 2. The number of aliphatic carboxylic acids is 1. The largest absolute Gasteiger partial charge is 0.481 e. The van der Waals surface area contributed by atoms with Crippen molar-refractivity contribution in [1.29, 1.82) is 0 Å². The summed E-state index contributed by atoms with van der Waals surface area (Å²) in [5.74, 6) is -2.37. The fourth-order valence-electron chi connectivity index (χ4n) is 2.98. The van der Waals surface area contributed by atoms with Crippen LogP contribution in [0.1, 0.15) is 34.1 Å². The highest BCUT2D eigenvalue weighted by atomic mass is 28.3. The summed E-state index contributed by atoms with van der Waals surface area (Å²) >= 11 is 0. The molecule has 1 amide bonds. The summed E-state index contributed by atoms with van der Waals surface area (Å²) in [7, 11) is -1.21. The van der Waals surface area contributed by atoms with Gasteiger partial charge in [0.1, 0.15) is 12.2 Å². The molecule has 0 aromatic carbocycles. The maximum atomic E-state index is 12.1. The molecule has 0 bridgehead atoms. The number of carboxylic acids is 1. The lowest BCUT2D eigenvalue weighted by Crippen LogP contribution is -2.66. The van der Waals surface area contributed by atoms with E-state index in [1.54, 1.807) is 6.92 Å². The predicted molar refractivity (Wildman–Crippen MR) is 89.6 cm³/mol. The summed E-state index contributed by atoms with van der Waals surface area (Å²) in [4.78, 5) is 34.9. The maximum absolute atomic E-state index is 12.1. The lowest BCUT2D eigenvalue weighted by molar-refractivity contribution is -0.147. The van der Waals surface area contributed by atoms with Crippen molar-refractivity contribution in [2.24, 2.45) is 23.2 Å². The number of Topliss-reactive ketones (excluding diaryl/α,β-unsaturated/α-hetero) is 1. The van der Waals surface area contributed by atoms with Crippen LogP contribution in [-0.4, -0.2) is 44.5 Å². The smallest absolute Gasteiger partial charge is 0.310 e. The van der Waals surface area contributed by atoms with Crippen LogP contribution in [0.25, 0.3) is 0 Å². The minimum Gasteiger partial charge on any atom is -0.481 e. The van der Waals surface area contributed by atoms with E-state index in [2.05, 4.69) is 39.2 Å². The SMILES string of the molecule is C[C@@H](C(=O)CC(=O)O)[C@H]1NC(=O)[C@H]1[C@@H](CO[SiH](C)C)C(C)(C)C. The lowest BCUT2D eigenvalue weighted by Gasteiger charge is -2.48. The van der Waals surface area contributed by atoms with Crippen LogP contribution < -0.4 is 5.32 Å². The molecule has 1 aliphatic heterocycles. The average Bonchev–Trinajstić information content (AvgIpc) is 2.37. The molecule has 7 heteroatoms. The van der Waals surface area contributed by atoms with Crippen molar-refractivity contribution in [2.45, 2.75) is 53.3 Å². The van der Waals surface area contributed by atoms with Crippen LogP contribution in [0, 0.1) is 23.2 Å². The summed E-state index contributed by atoms with van der Waals surface area (Å²) in [5, 5.41) is 11.6. The number of rotatable bonds is 8. The van der Waals surface area contributed by atoms with Gasteiger partial charge in [-0.1, -0.05) is 27.7 Å². The average molecular weight is 343 g/mol. The molecule has 23 heavy (non-hydrogen) atoms. The highest BCUT2D eigenvalue weighted by molar-refractivity contribution is 6.48. The minimum absolute atomic E-state index is 0.00349. The van der Waals surface area contributed by atoms with Gasteiger partial charge in [-0.2, -0.15) is 0 Å². The maximum Gasteiger partial charge on any atom is 0.310 e. The standard InChI is InChI=1S/C16H29NO5Si/c1-9(11(18)7-12(19)20)14-13(15(21)17-14)10(16(2,3)4)8-22-23(5)6/h9-10,13-14,23H,7-8H2,1-6H3,(H,17,21)(H,19,20)/t9-,10+,13-,14+/m0/s1. The molecule has 4 atom stereocenters. The molecular weight excluding hydrogens is 314 g/mol. The Hall–Kier alpha value is -1.21. The Balaban J connectivity index is 2.89. The topological polar surface area (TPSA) is 92.7 Å². The van der Waals surface area contributed by atoms with Crippen LogP contribution >= 0.6 is 0 Å². The van der Waals surface area contributed by atoms with Crippen LogP contribution in [0.3, 0.4) is 0 Å². The van der Waals surface area contributed by atoms with Gasteiger partial charge in [-0.15, -0.1) is 0 Å². The van der Waals surface area contributed by atoms with E-state index >= 15 is 0 Å². The van der Waals surface area contributed by atoms with Crippen molar-refractivity contribution in [1.82, 2.24) is 5.32 Å². The molecule has 2 N–H and O–H groups in total. The van der Waals surface area contributed by atoms with Gasteiger partial charge in [-0.25, -0.2) is 0 Å². The molecule has 0 aromatic rings. The highest BCUT2D eigenvalue weighted by Crippen LogP contribution is 2.40. The molecule has 0 unspecified atom stereocenters. The van der Waals surface area contributed by atoms with Crippen LogP contribution in [0.2, 0.25) is 13.1 Å². The van der Waals surface area contributed by atoms with Gasteiger partial charge >= 0.3 is 5.97 Å². The van der Waals surface area contributed by atoms with Crippen LogP contribution in [-0.2, 0) is 18.8 Å².